The summed E-state index contributed by atoms with van der Waals surface area (Å²) in [5.41, 5.74) is 2.92. The van der Waals surface area contributed by atoms with Gasteiger partial charge in [0.25, 0.3) is 0 Å². The van der Waals surface area contributed by atoms with Gasteiger partial charge in [0, 0.05) is 34.0 Å². The van der Waals surface area contributed by atoms with Gasteiger partial charge >= 0.3 is 0 Å². The van der Waals surface area contributed by atoms with E-state index < -0.39 is 6.04 Å². The van der Waals surface area contributed by atoms with Crippen molar-refractivity contribution in [1.29, 1.82) is 0 Å². The summed E-state index contributed by atoms with van der Waals surface area (Å²) < 4.78 is 2.25. The molecule has 1 saturated heterocycles. The number of amides is 3. The average molecular weight is 415 g/mol. The molecule has 1 aliphatic heterocycles. The molecule has 0 unspecified atom stereocenters. The second kappa shape index (κ2) is 7.38. The Morgan fingerprint density at radius 2 is 1.65 bits per heavy atom. The molecule has 1 aliphatic carbocycles. The molecule has 0 spiro atoms. The molecule has 5 rings (SSSR count). The van der Waals surface area contributed by atoms with Crippen LogP contribution in [0.5, 0.6) is 0 Å². The van der Waals surface area contributed by atoms with Crippen LogP contribution in [0.15, 0.2) is 54.6 Å². The summed E-state index contributed by atoms with van der Waals surface area (Å²) in [4.78, 5) is 39.7. The maximum atomic E-state index is 13.0. The van der Waals surface area contributed by atoms with Crippen molar-refractivity contribution in [3.63, 3.8) is 0 Å². The zero-order valence-electron chi connectivity index (χ0n) is 17.7. The Morgan fingerprint density at radius 3 is 2.32 bits per heavy atom. The van der Waals surface area contributed by atoms with Gasteiger partial charge in [0.1, 0.15) is 6.04 Å². The molecule has 2 aromatic carbocycles. The van der Waals surface area contributed by atoms with Gasteiger partial charge in [-0.3, -0.25) is 19.3 Å². The lowest BCUT2D eigenvalue weighted by atomic mass is 9.85. The molecule has 0 saturated carbocycles. The van der Waals surface area contributed by atoms with E-state index >= 15 is 0 Å². The molecule has 0 bridgehead atoms. The highest BCUT2D eigenvalue weighted by molar-refractivity contribution is 6.12. The number of hydrogen-bond acceptors (Lipinski definition) is 3. The number of carbonyl (C=O) groups excluding carboxylic acids is 3. The highest BCUT2D eigenvalue weighted by Crippen LogP contribution is 2.36. The molecule has 2 aliphatic rings. The average Bonchev–Trinajstić information content (AvgIpc) is 3.24. The Balaban J connectivity index is 1.42. The highest BCUT2D eigenvalue weighted by Gasteiger charge is 2.50. The number of nitrogens with one attached hydrogen (secondary N) is 1. The second-order valence-corrected chi connectivity index (χ2v) is 8.36. The SMILES string of the molecule is CCn1c2ccccc2c2cc(NC(=O)[C@H](C)N3C(=O)[C@H]4CC=CC[C@H]4C3=O)ccc21. The predicted octanol–water partition coefficient (Wildman–Crippen LogP) is 4.09. The molecule has 3 atom stereocenters. The summed E-state index contributed by atoms with van der Waals surface area (Å²) in [7, 11) is 0. The van der Waals surface area contributed by atoms with Crippen LogP contribution in [0.1, 0.15) is 26.7 Å². The Kier molecular flexibility index (Phi) is 4.65. The van der Waals surface area contributed by atoms with E-state index in [2.05, 4.69) is 28.9 Å². The number of carbonyl (C=O) groups is 3. The van der Waals surface area contributed by atoms with Crippen molar-refractivity contribution in [3.8, 4) is 0 Å². The number of likely N-dealkylation sites (tertiary alicyclic amines) is 1. The fraction of sp³-hybridized carbons (Fsp3) is 0.320. The number of benzene rings is 2. The number of allylic oxidation sites excluding steroid dienone is 2. The van der Waals surface area contributed by atoms with Crippen molar-refractivity contribution in [1.82, 2.24) is 9.47 Å². The van der Waals surface area contributed by atoms with Crippen LogP contribution < -0.4 is 5.32 Å². The summed E-state index contributed by atoms with van der Waals surface area (Å²) in [6.07, 6.45) is 5.03. The van der Waals surface area contributed by atoms with E-state index in [1.54, 1.807) is 6.92 Å². The number of hydrogen-bond donors (Lipinski definition) is 1. The molecule has 1 aromatic heterocycles. The number of aryl methyl sites for hydroxylation is 1. The normalized spacial score (nSPS) is 21.7. The number of aromatic nitrogens is 1. The van der Waals surface area contributed by atoms with Crippen molar-refractivity contribution < 1.29 is 14.4 Å². The molecular formula is C25H25N3O3. The third kappa shape index (κ3) is 2.97. The summed E-state index contributed by atoms with van der Waals surface area (Å²) in [5.74, 6) is -1.48. The molecule has 6 nitrogen and oxygen atoms in total. The van der Waals surface area contributed by atoms with E-state index in [-0.39, 0.29) is 29.6 Å². The van der Waals surface area contributed by atoms with Crippen molar-refractivity contribution in [2.75, 3.05) is 5.32 Å². The highest BCUT2D eigenvalue weighted by atomic mass is 16.2. The lowest BCUT2D eigenvalue weighted by Gasteiger charge is -2.22. The molecule has 1 fully saturated rings. The number of nitrogens with zero attached hydrogens (tertiary/aromatic N) is 2. The summed E-state index contributed by atoms with van der Waals surface area (Å²) >= 11 is 0. The zero-order chi connectivity index (χ0) is 21.7. The monoisotopic (exact) mass is 415 g/mol. The van der Waals surface area contributed by atoms with Gasteiger partial charge in [-0.05, 0) is 51.0 Å². The fourth-order valence-corrected chi connectivity index (χ4v) is 5.04. The fourth-order valence-electron chi connectivity index (χ4n) is 5.04. The smallest absolute Gasteiger partial charge is 0.247 e. The molecule has 2 heterocycles. The summed E-state index contributed by atoms with van der Waals surface area (Å²) in [6.45, 7) is 4.58. The van der Waals surface area contributed by atoms with Crippen molar-refractivity contribution in [2.24, 2.45) is 11.8 Å². The zero-order valence-corrected chi connectivity index (χ0v) is 17.7. The third-order valence-corrected chi connectivity index (χ3v) is 6.66. The van der Waals surface area contributed by atoms with Gasteiger partial charge in [-0.25, -0.2) is 0 Å². The minimum Gasteiger partial charge on any atom is -0.341 e. The first-order chi connectivity index (χ1) is 15.0. The molecule has 3 aromatic rings. The third-order valence-electron chi connectivity index (χ3n) is 6.66. The number of rotatable bonds is 4. The Hall–Kier alpha value is -3.41. The molecule has 3 amide bonds. The molecular weight excluding hydrogens is 390 g/mol. The van der Waals surface area contributed by atoms with E-state index in [1.165, 1.54) is 4.90 Å². The Bertz CT molecular complexity index is 1230. The van der Waals surface area contributed by atoms with Gasteiger partial charge in [-0.2, -0.15) is 0 Å². The van der Waals surface area contributed by atoms with Crippen LogP contribution >= 0.6 is 0 Å². The Morgan fingerprint density at radius 1 is 1.00 bits per heavy atom. The molecule has 6 heteroatoms. The van der Waals surface area contributed by atoms with Crippen LogP contribution in [0.2, 0.25) is 0 Å². The first kappa shape index (κ1) is 19.5. The van der Waals surface area contributed by atoms with Gasteiger partial charge in [0.05, 0.1) is 11.8 Å². The molecule has 0 radical (unpaired) electrons. The van der Waals surface area contributed by atoms with Gasteiger partial charge in [-0.1, -0.05) is 30.4 Å². The van der Waals surface area contributed by atoms with Crippen molar-refractivity contribution in [3.05, 3.63) is 54.6 Å². The lowest BCUT2D eigenvalue weighted by molar-refractivity contribution is -0.146. The Labute approximate surface area is 180 Å². The van der Waals surface area contributed by atoms with Crippen LogP contribution in [-0.2, 0) is 20.9 Å². The van der Waals surface area contributed by atoms with Crippen molar-refractivity contribution in [2.45, 2.75) is 39.3 Å². The van der Waals surface area contributed by atoms with E-state index in [0.29, 0.717) is 18.5 Å². The lowest BCUT2D eigenvalue weighted by Crippen LogP contribution is -2.46. The first-order valence-corrected chi connectivity index (χ1v) is 10.8. The minimum absolute atomic E-state index is 0.233. The van der Waals surface area contributed by atoms with Crippen LogP contribution in [0, 0.1) is 11.8 Å². The maximum Gasteiger partial charge on any atom is 0.247 e. The maximum absolute atomic E-state index is 13.0. The standard InChI is InChI=1S/C25H25N3O3/c1-3-27-21-11-7-6-8-17(21)20-14-16(12-13-22(20)27)26-23(29)15(2)28-24(30)18-9-4-5-10-19(18)25(28)31/h4-8,11-15,18-19H,3,9-10H2,1-2H3,(H,26,29)/t15-,18-,19+/m0/s1. The second-order valence-electron chi connectivity index (χ2n) is 8.36. The van der Waals surface area contributed by atoms with Crippen LogP contribution in [0.3, 0.4) is 0 Å². The number of anilines is 1. The predicted molar refractivity (Wildman–Crippen MR) is 120 cm³/mol. The van der Waals surface area contributed by atoms with Gasteiger partial charge < -0.3 is 9.88 Å². The first-order valence-electron chi connectivity index (χ1n) is 10.8. The van der Waals surface area contributed by atoms with Crippen LogP contribution in [-0.4, -0.2) is 33.2 Å². The topological polar surface area (TPSA) is 71.4 Å². The van der Waals surface area contributed by atoms with Crippen molar-refractivity contribution >= 4 is 45.2 Å². The molecule has 158 valence electrons. The molecule has 31 heavy (non-hydrogen) atoms. The largest absolute Gasteiger partial charge is 0.341 e. The van der Waals surface area contributed by atoms with E-state index in [0.717, 1.165) is 28.4 Å². The minimum atomic E-state index is -0.849. The van der Waals surface area contributed by atoms with Crippen LogP contribution in [0.4, 0.5) is 5.69 Å². The quantitative estimate of drug-likeness (QED) is 0.515. The molecule has 1 N–H and O–H groups in total. The summed E-state index contributed by atoms with van der Waals surface area (Å²) in [6, 6.07) is 13.2. The van der Waals surface area contributed by atoms with E-state index in [4.69, 9.17) is 0 Å². The van der Waals surface area contributed by atoms with Gasteiger partial charge in [0.2, 0.25) is 17.7 Å². The van der Waals surface area contributed by atoms with Crippen LogP contribution in [0.25, 0.3) is 21.8 Å². The summed E-state index contributed by atoms with van der Waals surface area (Å²) in [5, 5.41) is 5.11. The number of para-hydroxylation sites is 1. The number of fused-ring (bicyclic) bond motifs is 4. The van der Waals surface area contributed by atoms with E-state index in [9.17, 15) is 14.4 Å². The number of imide groups is 1. The van der Waals surface area contributed by atoms with Gasteiger partial charge in [-0.15, -0.1) is 0 Å². The van der Waals surface area contributed by atoms with Gasteiger partial charge in [0.15, 0.2) is 0 Å². The van der Waals surface area contributed by atoms with E-state index in [1.807, 2.05) is 42.5 Å².